The van der Waals surface area contributed by atoms with Gasteiger partial charge in [0, 0.05) is 35.8 Å². The van der Waals surface area contributed by atoms with Crippen LogP contribution in [0, 0.1) is 6.92 Å². The van der Waals surface area contributed by atoms with Crippen LogP contribution in [0.4, 0.5) is 0 Å². The Balaban J connectivity index is 1.38. The molecule has 2 heterocycles. The normalized spacial score (nSPS) is 16.7. The minimum atomic E-state index is -0.639. The van der Waals surface area contributed by atoms with Crippen LogP contribution in [0.2, 0.25) is 0 Å². The summed E-state index contributed by atoms with van der Waals surface area (Å²) < 4.78 is 0. The Kier molecular flexibility index (Phi) is 5.82. The number of hydrogen-bond donors (Lipinski definition) is 1. The Bertz CT molecular complexity index is 1120. The van der Waals surface area contributed by atoms with Gasteiger partial charge in [0.25, 0.3) is 23.6 Å². The second-order valence-electron chi connectivity index (χ2n) is 9.78. The average Bonchev–Trinajstić information content (AvgIpc) is 3.04. The molecule has 0 saturated carbocycles. The number of amides is 4. The zero-order chi connectivity index (χ0) is 23.9. The number of likely N-dealkylation sites (tertiary alicyclic amines) is 1. The second kappa shape index (κ2) is 8.46. The Morgan fingerprint density at radius 1 is 0.879 bits per heavy atom. The highest BCUT2D eigenvalue weighted by molar-refractivity contribution is 6.22. The number of fused-ring (bicyclic) bond motifs is 1. The Morgan fingerprint density at radius 2 is 1.45 bits per heavy atom. The molecule has 2 aromatic carbocycles. The molecule has 2 aliphatic rings. The van der Waals surface area contributed by atoms with Crippen LogP contribution < -0.4 is 5.32 Å². The zero-order valence-corrected chi connectivity index (χ0v) is 19.5. The monoisotopic (exact) mass is 447 g/mol. The second-order valence-corrected chi connectivity index (χ2v) is 9.78. The smallest absolute Gasteiger partial charge is 0.262 e. The van der Waals surface area contributed by atoms with Gasteiger partial charge < -0.3 is 10.2 Å². The fourth-order valence-corrected chi connectivity index (χ4v) is 4.37. The predicted octanol–water partition coefficient (Wildman–Crippen LogP) is 3.42. The number of carbonyl (C=O) groups is 4. The molecule has 7 nitrogen and oxygen atoms in total. The van der Waals surface area contributed by atoms with Gasteiger partial charge in [0.1, 0.15) is 0 Å². The van der Waals surface area contributed by atoms with Crippen LogP contribution in [0.5, 0.6) is 0 Å². The molecule has 33 heavy (non-hydrogen) atoms. The molecule has 7 heteroatoms. The Labute approximate surface area is 193 Å². The topological polar surface area (TPSA) is 86.8 Å². The van der Waals surface area contributed by atoms with Crippen molar-refractivity contribution in [3.8, 4) is 0 Å². The number of nitrogens with zero attached hydrogens (tertiary/aromatic N) is 2. The van der Waals surface area contributed by atoms with Gasteiger partial charge in [0.2, 0.25) is 0 Å². The maximum absolute atomic E-state index is 12.8. The summed E-state index contributed by atoms with van der Waals surface area (Å²) in [6.07, 6.45) is 1.31. The zero-order valence-electron chi connectivity index (χ0n) is 19.5. The van der Waals surface area contributed by atoms with Crippen LogP contribution in [-0.2, 0) is 0 Å². The predicted molar refractivity (Wildman–Crippen MR) is 124 cm³/mol. The first kappa shape index (κ1) is 22.7. The highest BCUT2D eigenvalue weighted by Crippen LogP contribution is 2.30. The molecule has 0 spiro atoms. The number of carbonyl (C=O) groups excluding carboxylic acids is 4. The molecule has 0 atom stereocenters. The van der Waals surface area contributed by atoms with Gasteiger partial charge in [-0.15, -0.1) is 0 Å². The molecule has 2 aliphatic heterocycles. The molecule has 1 N–H and O–H groups in total. The van der Waals surface area contributed by atoms with E-state index < -0.39 is 5.54 Å². The van der Waals surface area contributed by atoms with Gasteiger partial charge in [0.15, 0.2) is 0 Å². The lowest BCUT2D eigenvalue weighted by atomic mass is 10.0. The highest BCUT2D eigenvalue weighted by Gasteiger charge is 2.42. The van der Waals surface area contributed by atoms with Gasteiger partial charge in [-0.1, -0.05) is 17.7 Å². The third kappa shape index (κ3) is 4.40. The summed E-state index contributed by atoms with van der Waals surface area (Å²) in [7, 11) is 0. The van der Waals surface area contributed by atoms with Crippen molar-refractivity contribution < 1.29 is 19.2 Å². The van der Waals surface area contributed by atoms with E-state index in [0.29, 0.717) is 42.6 Å². The first-order chi connectivity index (χ1) is 15.6. The summed E-state index contributed by atoms with van der Waals surface area (Å²) in [6, 6.07) is 12.1. The van der Waals surface area contributed by atoms with Crippen LogP contribution in [0.1, 0.15) is 80.6 Å². The summed E-state index contributed by atoms with van der Waals surface area (Å²) in [5, 5.41) is 3.01. The van der Waals surface area contributed by atoms with E-state index in [1.54, 1.807) is 32.9 Å². The largest absolute Gasteiger partial charge is 0.349 e. The van der Waals surface area contributed by atoms with Crippen LogP contribution in [0.15, 0.2) is 42.5 Å². The lowest BCUT2D eigenvalue weighted by molar-refractivity contribution is 0.0507. The first-order valence-electron chi connectivity index (χ1n) is 11.3. The number of nitrogens with one attached hydrogen (secondary N) is 1. The minimum Gasteiger partial charge on any atom is -0.349 e. The van der Waals surface area contributed by atoms with Gasteiger partial charge in [-0.25, -0.2) is 0 Å². The van der Waals surface area contributed by atoms with Crippen molar-refractivity contribution in [2.75, 3.05) is 13.1 Å². The van der Waals surface area contributed by atoms with E-state index in [2.05, 4.69) is 5.32 Å². The first-order valence-corrected chi connectivity index (χ1v) is 11.3. The summed E-state index contributed by atoms with van der Waals surface area (Å²) >= 11 is 0. The van der Waals surface area contributed by atoms with Gasteiger partial charge in [0.05, 0.1) is 11.1 Å². The van der Waals surface area contributed by atoms with E-state index in [4.69, 9.17) is 0 Å². The standard InChI is InChI=1S/C26H29N3O4/c1-16-5-7-17(8-6-16)23(31)28-13-11-19(12-14-28)27-22(30)18-9-10-20-21(15-18)25(33)29(24(20)32)26(2,3)4/h5-10,15,19H,11-14H2,1-4H3,(H,27,30). The molecular formula is C26H29N3O4. The third-order valence-corrected chi connectivity index (χ3v) is 6.24. The van der Waals surface area contributed by atoms with Gasteiger partial charge in [-0.2, -0.15) is 0 Å². The summed E-state index contributed by atoms with van der Waals surface area (Å²) in [5.74, 6) is -0.985. The molecule has 172 valence electrons. The summed E-state index contributed by atoms with van der Waals surface area (Å²) in [6.45, 7) is 8.53. The SMILES string of the molecule is Cc1ccc(C(=O)N2CCC(NC(=O)c3ccc4c(c3)C(=O)N(C(C)(C)C)C4=O)CC2)cc1. The van der Waals surface area contributed by atoms with E-state index in [0.717, 1.165) is 5.56 Å². The molecule has 0 radical (unpaired) electrons. The summed E-state index contributed by atoms with van der Waals surface area (Å²) in [5.41, 5.74) is 2.08. The molecule has 0 bridgehead atoms. The highest BCUT2D eigenvalue weighted by atomic mass is 16.2. The van der Waals surface area contributed by atoms with Crippen molar-refractivity contribution in [1.82, 2.24) is 15.1 Å². The van der Waals surface area contributed by atoms with Crippen molar-refractivity contribution in [3.63, 3.8) is 0 Å². The van der Waals surface area contributed by atoms with E-state index in [-0.39, 0.29) is 35.2 Å². The minimum absolute atomic E-state index is 0.00461. The average molecular weight is 448 g/mol. The van der Waals surface area contributed by atoms with Crippen LogP contribution in [0.25, 0.3) is 0 Å². The van der Waals surface area contributed by atoms with Crippen molar-refractivity contribution in [2.45, 2.75) is 52.1 Å². The maximum atomic E-state index is 12.8. The van der Waals surface area contributed by atoms with Crippen LogP contribution in [-0.4, -0.2) is 58.1 Å². The fraction of sp³-hybridized carbons (Fsp3) is 0.385. The lowest BCUT2D eigenvalue weighted by Gasteiger charge is -2.32. The van der Waals surface area contributed by atoms with Gasteiger partial charge >= 0.3 is 0 Å². The van der Waals surface area contributed by atoms with Crippen molar-refractivity contribution in [2.24, 2.45) is 0 Å². The molecule has 1 fully saturated rings. The summed E-state index contributed by atoms with van der Waals surface area (Å²) in [4.78, 5) is 54.0. The number of aryl methyl sites for hydroxylation is 1. The van der Waals surface area contributed by atoms with Crippen LogP contribution >= 0.6 is 0 Å². The number of benzene rings is 2. The number of piperidine rings is 1. The van der Waals surface area contributed by atoms with Crippen LogP contribution in [0.3, 0.4) is 0 Å². The number of hydrogen-bond acceptors (Lipinski definition) is 4. The van der Waals surface area contributed by atoms with E-state index in [9.17, 15) is 19.2 Å². The van der Waals surface area contributed by atoms with Crippen molar-refractivity contribution in [1.29, 1.82) is 0 Å². The number of imide groups is 1. The number of rotatable bonds is 3. The molecule has 4 rings (SSSR count). The molecule has 0 aromatic heterocycles. The lowest BCUT2D eigenvalue weighted by Crippen LogP contribution is -2.46. The molecule has 4 amide bonds. The molecule has 1 saturated heterocycles. The van der Waals surface area contributed by atoms with Crippen molar-refractivity contribution in [3.05, 3.63) is 70.3 Å². The quantitative estimate of drug-likeness (QED) is 0.731. The molecule has 0 unspecified atom stereocenters. The van der Waals surface area contributed by atoms with Gasteiger partial charge in [-0.05, 0) is 70.9 Å². The molecule has 0 aliphatic carbocycles. The Morgan fingerprint density at radius 3 is 2.06 bits per heavy atom. The fourth-order valence-electron chi connectivity index (χ4n) is 4.37. The molecule has 2 aromatic rings. The third-order valence-electron chi connectivity index (χ3n) is 6.24. The maximum Gasteiger partial charge on any atom is 0.262 e. The van der Waals surface area contributed by atoms with Gasteiger partial charge in [-0.3, -0.25) is 24.1 Å². The van der Waals surface area contributed by atoms with E-state index in [1.807, 2.05) is 36.1 Å². The van der Waals surface area contributed by atoms with E-state index >= 15 is 0 Å². The molecular weight excluding hydrogens is 418 g/mol. The van der Waals surface area contributed by atoms with E-state index in [1.165, 1.54) is 11.0 Å². The van der Waals surface area contributed by atoms with Crippen molar-refractivity contribution >= 4 is 23.6 Å². The Hall–Kier alpha value is -3.48.